The molecule has 1 fully saturated rings. The minimum absolute atomic E-state index is 0.0304. The first-order valence-corrected chi connectivity index (χ1v) is 8.81. The normalized spacial score (nSPS) is 15.4. The van der Waals surface area contributed by atoms with Crippen LogP contribution in [-0.2, 0) is 17.9 Å². The molecule has 0 aliphatic heterocycles. The average molecular weight is 326 g/mol. The van der Waals surface area contributed by atoms with E-state index in [1.165, 1.54) is 43.2 Å². The molecule has 128 valence electrons. The molecule has 0 radical (unpaired) electrons. The summed E-state index contributed by atoms with van der Waals surface area (Å²) < 4.78 is 1.83. The molecule has 1 heterocycles. The van der Waals surface area contributed by atoms with Gasteiger partial charge in [0.2, 0.25) is 5.91 Å². The summed E-state index contributed by atoms with van der Waals surface area (Å²) in [5.74, 6) is 0.774. The summed E-state index contributed by atoms with van der Waals surface area (Å²) in [4.78, 5) is 12.9. The van der Waals surface area contributed by atoms with Crippen LogP contribution in [0.1, 0.15) is 61.8 Å². The molecule has 0 unspecified atom stereocenters. The Balaban J connectivity index is 1.60. The topological polar surface area (TPSA) is 51.0 Å². The predicted molar refractivity (Wildman–Crippen MR) is 93.5 cm³/mol. The lowest BCUT2D eigenvalue weighted by atomic mass is 9.84. The van der Waals surface area contributed by atoms with Gasteiger partial charge in [0.25, 0.3) is 0 Å². The maximum Gasteiger partial charge on any atom is 0.219 e. The van der Waals surface area contributed by atoms with Gasteiger partial charge in [0, 0.05) is 14.0 Å². The molecule has 5 nitrogen and oxygen atoms in total. The van der Waals surface area contributed by atoms with Crippen molar-refractivity contribution in [2.24, 2.45) is 0 Å². The number of rotatable bonds is 5. The Labute approximate surface area is 143 Å². The average Bonchev–Trinajstić information content (AvgIpc) is 3.03. The quantitative estimate of drug-likeness (QED) is 0.846. The van der Waals surface area contributed by atoms with Crippen molar-refractivity contribution in [3.8, 4) is 0 Å². The fourth-order valence-electron chi connectivity index (χ4n) is 3.36. The van der Waals surface area contributed by atoms with Crippen LogP contribution in [0, 0.1) is 0 Å². The van der Waals surface area contributed by atoms with Gasteiger partial charge in [-0.1, -0.05) is 48.7 Å². The number of hydrogen-bond donors (Lipinski definition) is 0. The standard InChI is InChI=1S/C19H26N4O/c1-15(24)22(2)13-19-14-23(21-20-19)12-16-8-10-18(11-9-16)17-6-4-3-5-7-17/h8-11,14,17H,3-7,12-13H2,1-2H3. The van der Waals surface area contributed by atoms with Gasteiger partial charge in [0.15, 0.2) is 0 Å². The number of carbonyl (C=O) groups is 1. The maximum atomic E-state index is 11.3. The fourth-order valence-corrected chi connectivity index (χ4v) is 3.36. The number of benzene rings is 1. The highest BCUT2D eigenvalue weighted by Crippen LogP contribution is 2.32. The van der Waals surface area contributed by atoms with E-state index >= 15 is 0 Å². The zero-order valence-electron chi connectivity index (χ0n) is 14.6. The third-order valence-corrected chi connectivity index (χ3v) is 4.92. The molecule has 1 aliphatic rings. The van der Waals surface area contributed by atoms with Crippen LogP contribution >= 0.6 is 0 Å². The highest BCUT2D eigenvalue weighted by Gasteiger charge is 2.15. The maximum absolute atomic E-state index is 11.3. The first kappa shape index (κ1) is 16.7. The van der Waals surface area contributed by atoms with E-state index in [0.29, 0.717) is 13.1 Å². The molecule has 0 N–H and O–H groups in total. The van der Waals surface area contributed by atoms with Gasteiger partial charge in [-0.3, -0.25) is 4.79 Å². The number of aromatic nitrogens is 3. The molecule has 0 atom stereocenters. The Bertz CT molecular complexity index is 671. The van der Waals surface area contributed by atoms with Crippen LogP contribution in [0.5, 0.6) is 0 Å². The van der Waals surface area contributed by atoms with E-state index in [0.717, 1.165) is 11.6 Å². The third-order valence-electron chi connectivity index (χ3n) is 4.92. The van der Waals surface area contributed by atoms with E-state index in [4.69, 9.17) is 0 Å². The van der Waals surface area contributed by atoms with Gasteiger partial charge in [-0.25, -0.2) is 4.68 Å². The number of carbonyl (C=O) groups excluding carboxylic acids is 1. The Morgan fingerprint density at radius 1 is 1.21 bits per heavy atom. The van der Waals surface area contributed by atoms with Gasteiger partial charge < -0.3 is 4.90 Å². The second-order valence-corrected chi connectivity index (χ2v) is 6.86. The van der Waals surface area contributed by atoms with Crippen molar-refractivity contribution < 1.29 is 4.79 Å². The summed E-state index contributed by atoms with van der Waals surface area (Å²) in [6.45, 7) is 2.76. The molecule has 1 aliphatic carbocycles. The van der Waals surface area contributed by atoms with Gasteiger partial charge in [-0.15, -0.1) is 5.10 Å². The molecule has 0 saturated heterocycles. The first-order valence-electron chi connectivity index (χ1n) is 8.81. The minimum Gasteiger partial charge on any atom is -0.340 e. The lowest BCUT2D eigenvalue weighted by Crippen LogP contribution is -2.23. The van der Waals surface area contributed by atoms with E-state index in [9.17, 15) is 4.79 Å². The van der Waals surface area contributed by atoms with Crippen molar-refractivity contribution in [3.05, 3.63) is 47.3 Å². The highest BCUT2D eigenvalue weighted by molar-refractivity contribution is 5.72. The van der Waals surface area contributed by atoms with E-state index < -0.39 is 0 Å². The number of amides is 1. The molecule has 0 spiro atoms. The molecule has 1 saturated carbocycles. The number of nitrogens with zero attached hydrogens (tertiary/aromatic N) is 4. The van der Waals surface area contributed by atoms with Crippen LogP contribution in [0.4, 0.5) is 0 Å². The van der Waals surface area contributed by atoms with Crippen molar-refractivity contribution in [1.29, 1.82) is 0 Å². The Morgan fingerprint density at radius 3 is 2.58 bits per heavy atom. The van der Waals surface area contributed by atoms with Gasteiger partial charge >= 0.3 is 0 Å². The Hall–Kier alpha value is -2.17. The summed E-state index contributed by atoms with van der Waals surface area (Å²) in [6.07, 6.45) is 8.69. The van der Waals surface area contributed by atoms with Crippen molar-refractivity contribution in [1.82, 2.24) is 19.9 Å². The van der Waals surface area contributed by atoms with E-state index in [1.54, 1.807) is 18.9 Å². The zero-order chi connectivity index (χ0) is 16.9. The van der Waals surface area contributed by atoms with Crippen molar-refractivity contribution >= 4 is 5.91 Å². The number of hydrogen-bond acceptors (Lipinski definition) is 3. The molecule has 1 aromatic carbocycles. The van der Waals surface area contributed by atoms with E-state index in [-0.39, 0.29) is 5.91 Å². The third kappa shape index (κ3) is 4.22. The smallest absolute Gasteiger partial charge is 0.219 e. The van der Waals surface area contributed by atoms with Gasteiger partial charge in [0.1, 0.15) is 5.69 Å². The second-order valence-electron chi connectivity index (χ2n) is 6.86. The lowest BCUT2D eigenvalue weighted by Gasteiger charge is -2.22. The fraction of sp³-hybridized carbons (Fsp3) is 0.526. The summed E-state index contributed by atoms with van der Waals surface area (Å²) in [7, 11) is 1.77. The molecule has 1 aromatic heterocycles. The van der Waals surface area contributed by atoms with E-state index in [2.05, 4.69) is 34.6 Å². The molecule has 0 bridgehead atoms. The SMILES string of the molecule is CC(=O)N(C)Cc1cn(Cc2ccc(C3CCCCC3)cc2)nn1. The van der Waals surface area contributed by atoms with Crippen LogP contribution in [0.3, 0.4) is 0 Å². The van der Waals surface area contributed by atoms with Crippen LogP contribution < -0.4 is 0 Å². The summed E-state index contributed by atoms with van der Waals surface area (Å²) in [5.41, 5.74) is 3.51. The largest absolute Gasteiger partial charge is 0.340 e. The molecule has 3 rings (SSSR count). The van der Waals surface area contributed by atoms with Gasteiger partial charge in [-0.2, -0.15) is 0 Å². The molecule has 2 aromatic rings. The van der Waals surface area contributed by atoms with Crippen LogP contribution in [0.2, 0.25) is 0 Å². The molecular weight excluding hydrogens is 300 g/mol. The summed E-state index contributed by atoms with van der Waals surface area (Å²) >= 11 is 0. The monoisotopic (exact) mass is 326 g/mol. The zero-order valence-corrected chi connectivity index (χ0v) is 14.6. The van der Waals surface area contributed by atoms with Gasteiger partial charge in [-0.05, 0) is 29.9 Å². The van der Waals surface area contributed by atoms with Crippen molar-refractivity contribution in [2.75, 3.05) is 7.05 Å². The second kappa shape index (κ2) is 7.60. The van der Waals surface area contributed by atoms with Gasteiger partial charge in [0.05, 0.1) is 19.3 Å². The lowest BCUT2D eigenvalue weighted by molar-refractivity contribution is -0.128. The van der Waals surface area contributed by atoms with Crippen LogP contribution in [0.15, 0.2) is 30.5 Å². The Kier molecular flexibility index (Phi) is 5.28. The van der Waals surface area contributed by atoms with E-state index in [1.807, 2.05) is 10.9 Å². The predicted octanol–water partition coefficient (Wildman–Crippen LogP) is 3.35. The molecule has 1 amide bonds. The minimum atomic E-state index is 0.0304. The first-order chi connectivity index (χ1) is 11.6. The van der Waals surface area contributed by atoms with Crippen molar-refractivity contribution in [3.63, 3.8) is 0 Å². The molecular formula is C19H26N4O. The van der Waals surface area contributed by atoms with Crippen LogP contribution in [-0.4, -0.2) is 32.8 Å². The summed E-state index contributed by atoms with van der Waals surface area (Å²) in [5, 5.41) is 8.31. The Morgan fingerprint density at radius 2 is 1.92 bits per heavy atom. The van der Waals surface area contributed by atoms with Crippen LogP contribution in [0.25, 0.3) is 0 Å². The molecule has 24 heavy (non-hydrogen) atoms. The molecule has 5 heteroatoms. The van der Waals surface area contributed by atoms with Crippen molar-refractivity contribution in [2.45, 2.75) is 58.0 Å². The summed E-state index contributed by atoms with van der Waals surface area (Å²) in [6, 6.07) is 8.94. The highest BCUT2D eigenvalue weighted by atomic mass is 16.2.